The number of nitrogens with zero attached hydrogens (tertiary/aromatic N) is 3. The van der Waals surface area contributed by atoms with E-state index in [2.05, 4.69) is 60.9 Å². The van der Waals surface area contributed by atoms with E-state index in [4.69, 9.17) is 0 Å². The predicted molar refractivity (Wildman–Crippen MR) is 86.5 cm³/mol. The molecule has 0 radical (unpaired) electrons. The summed E-state index contributed by atoms with van der Waals surface area (Å²) < 4.78 is 0. The molecular formula is C17H29N3. The third kappa shape index (κ3) is 3.66. The molecule has 0 aromatic rings. The molecule has 3 heteroatoms. The normalized spacial score (nSPS) is 22.5. The van der Waals surface area contributed by atoms with Crippen LogP contribution in [0.1, 0.15) is 26.7 Å². The molecule has 2 heterocycles. The molecule has 0 unspecified atom stereocenters. The molecule has 0 N–H and O–H groups in total. The summed E-state index contributed by atoms with van der Waals surface area (Å²) in [4.78, 5) is 7.29. The average Bonchev–Trinajstić information content (AvgIpc) is 2.76. The molecule has 2 rings (SSSR count). The van der Waals surface area contributed by atoms with Gasteiger partial charge in [0.25, 0.3) is 0 Å². The van der Waals surface area contributed by atoms with E-state index >= 15 is 0 Å². The molecule has 0 spiro atoms. The predicted octanol–water partition coefficient (Wildman–Crippen LogP) is 2.69. The molecule has 2 aliphatic rings. The summed E-state index contributed by atoms with van der Waals surface area (Å²) >= 11 is 0. The van der Waals surface area contributed by atoms with Crippen LogP contribution in [-0.2, 0) is 0 Å². The number of hydrogen-bond acceptors (Lipinski definition) is 3. The minimum absolute atomic E-state index is 1.05. The summed E-state index contributed by atoms with van der Waals surface area (Å²) in [7, 11) is 4.39. The molecule has 0 saturated carbocycles. The minimum Gasteiger partial charge on any atom is -0.374 e. The van der Waals surface area contributed by atoms with E-state index in [1.165, 1.54) is 43.0 Å². The zero-order valence-electron chi connectivity index (χ0n) is 13.5. The number of rotatable bonds is 4. The lowest BCUT2D eigenvalue weighted by Gasteiger charge is -2.35. The Kier molecular flexibility index (Phi) is 5.30. The van der Waals surface area contributed by atoms with Crippen LogP contribution in [0.2, 0.25) is 0 Å². The van der Waals surface area contributed by atoms with Crippen molar-refractivity contribution in [3.05, 3.63) is 35.2 Å². The van der Waals surface area contributed by atoms with Gasteiger partial charge in [-0.1, -0.05) is 12.2 Å². The van der Waals surface area contributed by atoms with Crippen molar-refractivity contribution in [3.8, 4) is 0 Å². The van der Waals surface area contributed by atoms with Crippen LogP contribution in [0.3, 0.4) is 0 Å². The molecular weight excluding hydrogens is 246 g/mol. The second-order valence-electron chi connectivity index (χ2n) is 6.01. The Balaban J connectivity index is 1.90. The highest BCUT2D eigenvalue weighted by molar-refractivity contribution is 5.28. The Bertz CT molecular complexity index is 412. The first kappa shape index (κ1) is 15.2. The molecule has 0 amide bonds. The maximum absolute atomic E-state index is 2.53. The van der Waals surface area contributed by atoms with Crippen LogP contribution < -0.4 is 0 Å². The Morgan fingerprint density at radius 1 is 1.10 bits per heavy atom. The third-order valence-corrected chi connectivity index (χ3v) is 4.52. The fourth-order valence-corrected chi connectivity index (χ4v) is 2.99. The lowest BCUT2D eigenvalue weighted by Crippen LogP contribution is -2.43. The van der Waals surface area contributed by atoms with Gasteiger partial charge in [-0.2, -0.15) is 0 Å². The lowest BCUT2D eigenvalue weighted by molar-refractivity contribution is 0.184. The van der Waals surface area contributed by atoms with Crippen molar-refractivity contribution in [3.63, 3.8) is 0 Å². The van der Waals surface area contributed by atoms with E-state index in [9.17, 15) is 0 Å². The summed E-state index contributed by atoms with van der Waals surface area (Å²) in [6.07, 6.45) is 9.17. The maximum atomic E-state index is 2.53. The topological polar surface area (TPSA) is 9.72 Å². The standard InChI is InChI=1S/C17H29N3/c1-5-16(20-13-11-18(3)12-14-20)7-6-8-17-15(2)9-10-19(17)4/h5-6,8H,7,9-14H2,1-4H3/b8-6-,16-5+. The number of allylic oxidation sites excluding steroid dienone is 3. The summed E-state index contributed by atoms with van der Waals surface area (Å²) in [6, 6.07) is 0. The van der Waals surface area contributed by atoms with Gasteiger partial charge in [0.15, 0.2) is 0 Å². The number of piperazine rings is 1. The SMILES string of the molecule is C/C=C(\C/C=C\C1=C(C)CCN1C)N1CCN(C)CC1. The van der Waals surface area contributed by atoms with Crippen LogP contribution >= 0.6 is 0 Å². The number of hydrogen-bond donors (Lipinski definition) is 0. The smallest absolute Gasteiger partial charge is 0.0350 e. The molecule has 0 atom stereocenters. The van der Waals surface area contributed by atoms with Crippen molar-refractivity contribution in [1.29, 1.82) is 0 Å². The Hall–Kier alpha value is -1.22. The largest absolute Gasteiger partial charge is 0.374 e. The molecule has 1 fully saturated rings. The summed E-state index contributed by atoms with van der Waals surface area (Å²) in [5, 5.41) is 0. The minimum atomic E-state index is 1.05. The van der Waals surface area contributed by atoms with E-state index in [1.54, 1.807) is 0 Å². The molecule has 20 heavy (non-hydrogen) atoms. The summed E-state index contributed by atoms with van der Waals surface area (Å²) in [6.45, 7) is 10.2. The Morgan fingerprint density at radius 2 is 1.80 bits per heavy atom. The molecule has 0 aromatic heterocycles. The highest BCUT2D eigenvalue weighted by Gasteiger charge is 2.15. The van der Waals surface area contributed by atoms with Crippen LogP contribution in [-0.4, -0.2) is 61.5 Å². The first-order valence-electron chi connectivity index (χ1n) is 7.78. The molecule has 0 aromatic carbocycles. The second kappa shape index (κ2) is 6.98. The van der Waals surface area contributed by atoms with Gasteiger partial charge in [0.1, 0.15) is 0 Å². The fraction of sp³-hybridized carbons (Fsp3) is 0.647. The van der Waals surface area contributed by atoms with Crippen LogP contribution in [0, 0.1) is 0 Å². The highest BCUT2D eigenvalue weighted by atomic mass is 15.2. The maximum Gasteiger partial charge on any atom is 0.0350 e. The van der Waals surface area contributed by atoms with Gasteiger partial charge in [0, 0.05) is 57.6 Å². The molecule has 0 bridgehead atoms. The Morgan fingerprint density at radius 3 is 2.35 bits per heavy atom. The van der Waals surface area contributed by atoms with E-state index in [0.29, 0.717) is 0 Å². The quantitative estimate of drug-likeness (QED) is 0.781. The average molecular weight is 275 g/mol. The van der Waals surface area contributed by atoms with Gasteiger partial charge in [-0.25, -0.2) is 0 Å². The first-order valence-corrected chi connectivity index (χ1v) is 7.78. The van der Waals surface area contributed by atoms with Crippen LogP contribution in [0.25, 0.3) is 0 Å². The van der Waals surface area contributed by atoms with Gasteiger partial charge in [0.2, 0.25) is 0 Å². The van der Waals surface area contributed by atoms with Crippen LogP contribution in [0.4, 0.5) is 0 Å². The van der Waals surface area contributed by atoms with Gasteiger partial charge < -0.3 is 14.7 Å². The van der Waals surface area contributed by atoms with E-state index < -0.39 is 0 Å². The number of likely N-dealkylation sites (N-methyl/N-ethyl adjacent to an activating group) is 2. The zero-order valence-corrected chi connectivity index (χ0v) is 13.5. The monoisotopic (exact) mass is 275 g/mol. The van der Waals surface area contributed by atoms with Gasteiger partial charge in [-0.15, -0.1) is 0 Å². The van der Waals surface area contributed by atoms with E-state index in [1.807, 2.05) is 0 Å². The van der Waals surface area contributed by atoms with Crippen LogP contribution in [0.15, 0.2) is 35.2 Å². The van der Waals surface area contributed by atoms with Gasteiger partial charge in [-0.05, 0) is 39.0 Å². The summed E-state index contributed by atoms with van der Waals surface area (Å²) in [5.74, 6) is 0. The van der Waals surface area contributed by atoms with Crippen molar-refractivity contribution >= 4 is 0 Å². The van der Waals surface area contributed by atoms with E-state index in [-0.39, 0.29) is 0 Å². The van der Waals surface area contributed by atoms with Crippen LogP contribution in [0.5, 0.6) is 0 Å². The molecule has 2 aliphatic heterocycles. The van der Waals surface area contributed by atoms with Gasteiger partial charge in [-0.3, -0.25) is 0 Å². The first-order chi connectivity index (χ1) is 9.61. The van der Waals surface area contributed by atoms with Crippen molar-refractivity contribution in [2.75, 3.05) is 46.8 Å². The van der Waals surface area contributed by atoms with E-state index in [0.717, 1.165) is 19.5 Å². The molecule has 3 nitrogen and oxygen atoms in total. The molecule has 112 valence electrons. The van der Waals surface area contributed by atoms with Crippen molar-refractivity contribution in [1.82, 2.24) is 14.7 Å². The molecule has 1 saturated heterocycles. The van der Waals surface area contributed by atoms with Gasteiger partial charge in [0.05, 0.1) is 0 Å². The molecule has 0 aliphatic carbocycles. The van der Waals surface area contributed by atoms with Gasteiger partial charge >= 0.3 is 0 Å². The van der Waals surface area contributed by atoms with Crippen molar-refractivity contribution in [2.24, 2.45) is 0 Å². The Labute approximate surface area is 124 Å². The fourth-order valence-electron chi connectivity index (χ4n) is 2.99. The lowest BCUT2D eigenvalue weighted by atomic mass is 10.1. The third-order valence-electron chi connectivity index (χ3n) is 4.52. The van der Waals surface area contributed by atoms with Crippen molar-refractivity contribution in [2.45, 2.75) is 26.7 Å². The van der Waals surface area contributed by atoms with Crippen molar-refractivity contribution < 1.29 is 0 Å². The highest BCUT2D eigenvalue weighted by Crippen LogP contribution is 2.22. The second-order valence-corrected chi connectivity index (χ2v) is 6.01. The summed E-state index contributed by atoms with van der Waals surface area (Å²) in [5.41, 5.74) is 4.40. The zero-order chi connectivity index (χ0) is 14.5.